The Bertz CT molecular complexity index is 595. The van der Waals surface area contributed by atoms with E-state index >= 15 is 0 Å². The smallest absolute Gasteiger partial charge is 0.327 e. The summed E-state index contributed by atoms with van der Waals surface area (Å²) in [6.07, 6.45) is 0. The van der Waals surface area contributed by atoms with Crippen molar-refractivity contribution in [2.75, 3.05) is 13.7 Å². The minimum Gasteiger partial charge on any atom is -0.493 e. The quantitative estimate of drug-likeness (QED) is 0.856. The van der Waals surface area contributed by atoms with E-state index in [2.05, 4.69) is 0 Å². The third-order valence-corrected chi connectivity index (χ3v) is 3.00. The van der Waals surface area contributed by atoms with Crippen LogP contribution in [-0.2, 0) is 9.53 Å². The molecule has 0 aliphatic heterocycles. The van der Waals surface area contributed by atoms with Crippen molar-refractivity contribution < 1.29 is 14.3 Å². The third-order valence-electron chi connectivity index (χ3n) is 3.00. The molecule has 0 saturated carbocycles. The lowest BCUT2D eigenvalue weighted by atomic mass is 9.98. The molecule has 19 heavy (non-hydrogen) atoms. The van der Waals surface area contributed by atoms with E-state index in [1.54, 1.807) is 0 Å². The lowest BCUT2D eigenvalue weighted by Gasteiger charge is -2.17. The van der Waals surface area contributed by atoms with Crippen molar-refractivity contribution >= 4 is 16.7 Å². The minimum atomic E-state index is -0.849. The Morgan fingerprint density at radius 3 is 2.68 bits per heavy atom. The van der Waals surface area contributed by atoms with E-state index < -0.39 is 12.0 Å². The van der Waals surface area contributed by atoms with Gasteiger partial charge in [0.1, 0.15) is 11.8 Å². The first kappa shape index (κ1) is 13.4. The van der Waals surface area contributed by atoms with E-state index in [4.69, 9.17) is 15.2 Å². The van der Waals surface area contributed by atoms with Crippen LogP contribution in [0.3, 0.4) is 0 Å². The van der Waals surface area contributed by atoms with Gasteiger partial charge in [0.25, 0.3) is 0 Å². The second-order valence-corrected chi connectivity index (χ2v) is 4.13. The molecular formula is C15H17NO3. The van der Waals surface area contributed by atoms with Crippen LogP contribution in [0.1, 0.15) is 18.5 Å². The van der Waals surface area contributed by atoms with Gasteiger partial charge in [-0.25, -0.2) is 0 Å². The zero-order valence-corrected chi connectivity index (χ0v) is 11.1. The highest BCUT2D eigenvalue weighted by Crippen LogP contribution is 2.32. The van der Waals surface area contributed by atoms with Gasteiger partial charge in [-0.1, -0.05) is 30.3 Å². The monoisotopic (exact) mass is 259 g/mol. The molecule has 0 fully saturated rings. The molecule has 0 bridgehead atoms. The summed E-state index contributed by atoms with van der Waals surface area (Å²) in [6.45, 7) is 2.40. The number of benzene rings is 2. The highest BCUT2D eigenvalue weighted by Gasteiger charge is 2.23. The maximum atomic E-state index is 11.7. The average Bonchev–Trinajstić information content (AvgIpc) is 2.45. The molecule has 0 amide bonds. The van der Waals surface area contributed by atoms with Gasteiger partial charge in [0, 0.05) is 5.56 Å². The van der Waals surface area contributed by atoms with Crippen LogP contribution in [0.2, 0.25) is 0 Å². The molecule has 2 N–H and O–H groups in total. The zero-order chi connectivity index (χ0) is 13.8. The SMILES string of the molecule is CCOc1ccc2ccccc2c1[C@@H](N)C(=O)OC. The molecule has 1 atom stereocenters. The van der Waals surface area contributed by atoms with E-state index in [9.17, 15) is 4.79 Å². The first-order valence-corrected chi connectivity index (χ1v) is 6.17. The number of esters is 1. The number of ether oxygens (including phenoxy) is 2. The van der Waals surface area contributed by atoms with Gasteiger partial charge in [-0.3, -0.25) is 4.79 Å². The summed E-state index contributed by atoms with van der Waals surface area (Å²) in [4.78, 5) is 11.7. The second kappa shape index (κ2) is 5.71. The second-order valence-electron chi connectivity index (χ2n) is 4.13. The van der Waals surface area contributed by atoms with Gasteiger partial charge < -0.3 is 15.2 Å². The van der Waals surface area contributed by atoms with Crippen LogP contribution in [0.15, 0.2) is 36.4 Å². The summed E-state index contributed by atoms with van der Waals surface area (Å²) >= 11 is 0. The van der Waals surface area contributed by atoms with Crippen molar-refractivity contribution in [3.8, 4) is 5.75 Å². The number of hydrogen-bond acceptors (Lipinski definition) is 4. The fraction of sp³-hybridized carbons (Fsp3) is 0.267. The first-order valence-electron chi connectivity index (χ1n) is 6.17. The van der Waals surface area contributed by atoms with Crippen LogP contribution in [0, 0.1) is 0 Å². The number of rotatable bonds is 4. The highest BCUT2D eigenvalue weighted by molar-refractivity contribution is 5.93. The van der Waals surface area contributed by atoms with Crippen LogP contribution in [0.25, 0.3) is 10.8 Å². The largest absolute Gasteiger partial charge is 0.493 e. The Labute approximate surface area is 112 Å². The molecule has 0 aromatic heterocycles. The van der Waals surface area contributed by atoms with Crippen molar-refractivity contribution in [3.05, 3.63) is 42.0 Å². The summed E-state index contributed by atoms with van der Waals surface area (Å²) in [5, 5.41) is 1.92. The normalized spacial score (nSPS) is 12.2. The maximum Gasteiger partial charge on any atom is 0.327 e. The van der Waals surface area contributed by atoms with Crippen LogP contribution < -0.4 is 10.5 Å². The van der Waals surface area contributed by atoms with Crippen molar-refractivity contribution in [2.24, 2.45) is 5.73 Å². The maximum absolute atomic E-state index is 11.7. The van der Waals surface area contributed by atoms with E-state index in [-0.39, 0.29) is 0 Å². The topological polar surface area (TPSA) is 61.5 Å². The molecule has 100 valence electrons. The number of methoxy groups -OCH3 is 1. The summed E-state index contributed by atoms with van der Waals surface area (Å²) < 4.78 is 10.3. The highest BCUT2D eigenvalue weighted by atomic mass is 16.5. The third kappa shape index (κ3) is 2.53. The zero-order valence-electron chi connectivity index (χ0n) is 11.1. The lowest BCUT2D eigenvalue weighted by molar-refractivity contribution is -0.142. The molecule has 2 aromatic rings. The molecule has 0 saturated heterocycles. The number of carbonyl (C=O) groups excluding carboxylic acids is 1. The van der Waals surface area contributed by atoms with Gasteiger partial charge in [-0.15, -0.1) is 0 Å². The molecule has 0 aliphatic carbocycles. The Balaban J connectivity index is 2.64. The van der Waals surface area contributed by atoms with Crippen molar-refractivity contribution in [2.45, 2.75) is 13.0 Å². The molecule has 4 nitrogen and oxygen atoms in total. The van der Waals surface area contributed by atoms with Gasteiger partial charge >= 0.3 is 5.97 Å². The van der Waals surface area contributed by atoms with Gasteiger partial charge in [0.2, 0.25) is 0 Å². The molecule has 0 radical (unpaired) electrons. The predicted molar refractivity (Wildman–Crippen MR) is 74.1 cm³/mol. The van der Waals surface area contributed by atoms with Crippen molar-refractivity contribution in [1.29, 1.82) is 0 Å². The summed E-state index contributed by atoms with van der Waals surface area (Å²) in [7, 11) is 1.33. The summed E-state index contributed by atoms with van der Waals surface area (Å²) in [6, 6.07) is 10.7. The van der Waals surface area contributed by atoms with Gasteiger partial charge in [-0.2, -0.15) is 0 Å². The number of nitrogens with two attached hydrogens (primary N) is 1. The molecule has 4 heteroatoms. The van der Waals surface area contributed by atoms with Gasteiger partial charge in [0.05, 0.1) is 13.7 Å². The molecule has 0 heterocycles. The standard InChI is InChI=1S/C15H17NO3/c1-3-19-12-9-8-10-6-4-5-7-11(10)13(12)14(16)15(17)18-2/h4-9,14H,3,16H2,1-2H3/t14-/m1/s1. The average molecular weight is 259 g/mol. The Morgan fingerprint density at radius 2 is 2.00 bits per heavy atom. The van der Waals surface area contributed by atoms with Gasteiger partial charge in [-0.05, 0) is 23.8 Å². The van der Waals surface area contributed by atoms with Crippen molar-refractivity contribution in [3.63, 3.8) is 0 Å². The van der Waals surface area contributed by atoms with E-state index in [0.717, 1.165) is 10.8 Å². The molecule has 0 aliphatic rings. The number of carbonyl (C=O) groups is 1. The number of hydrogen-bond donors (Lipinski definition) is 1. The Kier molecular flexibility index (Phi) is 4.02. The first-order chi connectivity index (χ1) is 9.19. The summed E-state index contributed by atoms with van der Waals surface area (Å²) in [5.74, 6) is 0.149. The molecule has 0 unspecified atom stereocenters. The molecule has 2 aromatic carbocycles. The Hall–Kier alpha value is -2.07. The summed E-state index contributed by atoms with van der Waals surface area (Å²) in [5.41, 5.74) is 6.66. The lowest BCUT2D eigenvalue weighted by Crippen LogP contribution is -2.23. The molecule has 0 spiro atoms. The molecular weight excluding hydrogens is 242 g/mol. The van der Waals surface area contributed by atoms with Gasteiger partial charge in [0.15, 0.2) is 0 Å². The predicted octanol–water partition coefficient (Wildman–Crippen LogP) is 2.41. The van der Waals surface area contributed by atoms with Crippen molar-refractivity contribution in [1.82, 2.24) is 0 Å². The number of fused-ring (bicyclic) bond motifs is 1. The fourth-order valence-corrected chi connectivity index (χ4v) is 2.12. The molecule has 2 rings (SSSR count). The van der Waals surface area contributed by atoms with E-state index in [1.807, 2.05) is 43.3 Å². The Morgan fingerprint density at radius 1 is 1.26 bits per heavy atom. The van der Waals surface area contributed by atoms with Crippen LogP contribution in [-0.4, -0.2) is 19.7 Å². The van der Waals surface area contributed by atoms with E-state index in [0.29, 0.717) is 17.9 Å². The van der Waals surface area contributed by atoms with E-state index in [1.165, 1.54) is 7.11 Å². The van der Waals surface area contributed by atoms with Crippen LogP contribution in [0.5, 0.6) is 5.75 Å². The van der Waals surface area contributed by atoms with Crippen LogP contribution in [0.4, 0.5) is 0 Å². The fourth-order valence-electron chi connectivity index (χ4n) is 2.12. The minimum absolute atomic E-state index is 0.475. The van der Waals surface area contributed by atoms with Crippen LogP contribution >= 0.6 is 0 Å².